The van der Waals surface area contributed by atoms with E-state index in [1.165, 1.54) is 18.9 Å². The topological polar surface area (TPSA) is 67.6 Å². The summed E-state index contributed by atoms with van der Waals surface area (Å²) < 4.78 is 5.16. The van der Waals surface area contributed by atoms with Crippen molar-refractivity contribution in [2.24, 2.45) is 0 Å². The normalized spacial score (nSPS) is 18.6. The van der Waals surface area contributed by atoms with Gasteiger partial charge in [0.15, 0.2) is 0 Å². The molecule has 0 saturated carbocycles. The van der Waals surface area contributed by atoms with Crippen LogP contribution in [0.25, 0.3) is 0 Å². The number of nitro groups is 1. The largest absolute Gasteiger partial charge is 0.497 e. The molecule has 2 rings (SSSR count). The maximum atomic E-state index is 11.1. The molecule has 1 unspecified atom stereocenters. The lowest BCUT2D eigenvalue weighted by molar-refractivity contribution is -0.384. The molecule has 0 amide bonds. The van der Waals surface area contributed by atoms with Gasteiger partial charge in [-0.05, 0) is 25.5 Å². The summed E-state index contributed by atoms with van der Waals surface area (Å²) in [6.45, 7) is 1.78. The Morgan fingerprint density at radius 1 is 1.50 bits per heavy atom. The Hall–Kier alpha value is -1.82. The van der Waals surface area contributed by atoms with Gasteiger partial charge in [-0.3, -0.25) is 10.1 Å². The fraction of sp³-hybridized carbons (Fsp3) is 0.571. The van der Waals surface area contributed by atoms with E-state index in [1.807, 2.05) is 11.9 Å². The second kappa shape index (κ2) is 6.56. The highest BCUT2D eigenvalue weighted by atomic mass is 16.6. The summed E-state index contributed by atoms with van der Waals surface area (Å²) >= 11 is 0. The van der Waals surface area contributed by atoms with Crippen molar-refractivity contribution in [1.29, 1.82) is 0 Å². The maximum Gasteiger partial charge on any atom is 0.292 e. The molecule has 110 valence electrons. The lowest BCUT2D eigenvalue weighted by Gasteiger charge is -2.29. The average molecular weight is 279 g/mol. The summed E-state index contributed by atoms with van der Waals surface area (Å²) in [6.07, 6.45) is 3.54. The summed E-state index contributed by atoms with van der Waals surface area (Å²) in [5.41, 5.74) is 0.714. The second-order valence-electron chi connectivity index (χ2n) is 5.14. The first-order valence-electron chi connectivity index (χ1n) is 6.88. The Morgan fingerprint density at radius 2 is 2.30 bits per heavy atom. The van der Waals surface area contributed by atoms with Crippen LogP contribution < -0.4 is 15.0 Å². The van der Waals surface area contributed by atoms with Gasteiger partial charge in [-0.2, -0.15) is 0 Å². The van der Waals surface area contributed by atoms with Crippen LogP contribution in [0.3, 0.4) is 0 Å². The number of methoxy groups -OCH3 is 1. The van der Waals surface area contributed by atoms with Gasteiger partial charge in [-0.15, -0.1) is 0 Å². The number of rotatable bonds is 5. The van der Waals surface area contributed by atoms with E-state index in [1.54, 1.807) is 19.2 Å². The number of nitrogens with one attached hydrogen (secondary N) is 1. The van der Waals surface area contributed by atoms with Crippen molar-refractivity contribution in [3.63, 3.8) is 0 Å². The quantitative estimate of drug-likeness (QED) is 0.661. The smallest absolute Gasteiger partial charge is 0.292 e. The molecule has 1 saturated heterocycles. The summed E-state index contributed by atoms with van der Waals surface area (Å²) in [7, 11) is 3.45. The van der Waals surface area contributed by atoms with Gasteiger partial charge in [0.05, 0.1) is 12.0 Å². The molecule has 1 aromatic carbocycles. The van der Waals surface area contributed by atoms with E-state index >= 15 is 0 Å². The molecular formula is C14H21N3O3. The van der Waals surface area contributed by atoms with Crippen LogP contribution in [-0.4, -0.2) is 38.2 Å². The van der Waals surface area contributed by atoms with E-state index in [0.717, 1.165) is 19.5 Å². The third-order valence-corrected chi connectivity index (χ3v) is 3.70. The molecule has 6 nitrogen and oxygen atoms in total. The van der Waals surface area contributed by atoms with E-state index in [4.69, 9.17) is 4.74 Å². The predicted molar refractivity (Wildman–Crippen MR) is 78.6 cm³/mol. The van der Waals surface area contributed by atoms with Gasteiger partial charge in [-0.25, -0.2) is 0 Å². The molecule has 1 atom stereocenters. The number of anilines is 1. The first kappa shape index (κ1) is 14.6. The molecule has 1 N–H and O–H groups in total. The van der Waals surface area contributed by atoms with Crippen molar-refractivity contribution in [3.05, 3.63) is 28.3 Å². The third-order valence-electron chi connectivity index (χ3n) is 3.70. The van der Waals surface area contributed by atoms with Gasteiger partial charge in [0, 0.05) is 31.8 Å². The Balaban J connectivity index is 2.17. The molecular weight excluding hydrogens is 258 g/mol. The van der Waals surface area contributed by atoms with Crippen LogP contribution in [0.1, 0.15) is 19.3 Å². The Labute approximate surface area is 118 Å². The molecule has 1 aromatic rings. The second-order valence-corrected chi connectivity index (χ2v) is 5.14. The number of ether oxygens (including phenoxy) is 1. The van der Waals surface area contributed by atoms with Crippen LogP contribution >= 0.6 is 0 Å². The summed E-state index contributed by atoms with van der Waals surface area (Å²) in [5.74, 6) is 0.633. The molecule has 0 bridgehead atoms. The number of piperidine rings is 1. The monoisotopic (exact) mass is 279 g/mol. The molecule has 0 aliphatic carbocycles. The van der Waals surface area contributed by atoms with Crippen LogP contribution in [0.2, 0.25) is 0 Å². The zero-order chi connectivity index (χ0) is 14.5. The van der Waals surface area contributed by atoms with Gasteiger partial charge in [-0.1, -0.05) is 6.42 Å². The van der Waals surface area contributed by atoms with Crippen molar-refractivity contribution in [3.8, 4) is 5.75 Å². The minimum atomic E-state index is -0.348. The number of nitro benzene ring substituents is 1. The Bertz CT molecular complexity index is 473. The highest BCUT2D eigenvalue weighted by molar-refractivity contribution is 5.65. The van der Waals surface area contributed by atoms with E-state index in [-0.39, 0.29) is 10.6 Å². The molecule has 0 spiro atoms. The minimum absolute atomic E-state index is 0.115. The predicted octanol–water partition coefficient (Wildman–Crippen LogP) is 2.18. The van der Waals surface area contributed by atoms with Gasteiger partial charge in [0.2, 0.25) is 0 Å². The van der Waals surface area contributed by atoms with Gasteiger partial charge < -0.3 is 15.0 Å². The summed E-state index contributed by atoms with van der Waals surface area (Å²) in [5, 5.41) is 14.6. The molecule has 1 aliphatic heterocycles. The van der Waals surface area contributed by atoms with Crippen molar-refractivity contribution in [1.82, 2.24) is 5.32 Å². The molecule has 20 heavy (non-hydrogen) atoms. The van der Waals surface area contributed by atoms with Crippen LogP contribution in [0.5, 0.6) is 5.75 Å². The van der Waals surface area contributed by atoms with E-state index in [2.05, 4.69) is 5.32 Å². The average Bonchev–Trinajstić information content (AvgIpc) is 2.47. The highest BCUT2D eigenvalue weighted by Crippen LogP contribution is 2.31. The SMILES string of the molecule is COc1ccc([N+](=O)[O-])c(N(C)CC2CCCCN2)c1. The molecule has 1 aliphatic rings. The molecule has 6 heteroatoms. The molecule has 1 heterocycles. The maximum absolute atomic E-state index is 11.1. The van der Waals surface area contributed by atoms with Crippen molar-refractivity contribution in [2.45, 2.75) is 25.3 Å². The molecule has 1 fully saturated rings. The lowest BCUT2D eigenvalue weighted by Crippen LogP contribution is -2.42. The highest BCUT2D eigenvalue weighted by Gasteiger charge is 2.21. The summed E-state index contributed by atoms with van der Waals surface area (Å²) in [6, 6.07) is 5.23. The van der Waals surface area contributed by atoms with Crippen molar-refractivity contribution < 1.29 is 9.66 Å². The van der Waals surface area contributed by atoms with Gasteiger partial charge in [0.1, 0.15) is 11.4 Å². The number of nitrogens with zero attached hydrogens (tertiary/aromatic N) is 2. The number of hydrogen-bond acceptors (Lipinski definition) is 5. The number of hydrogen-bond donors (Lipinski definition) is 1. The molecule has 0 radical (unpaired) electrons. The van der Waals surface area contributed by atoms with Crippen LogP contribution in [0.4, 0.5) is 11.4 Å². The van der Waals surface area contributed by atoms with E-state index < -0.39 is 0 Å². The van der Waals surface area contributed by atoms with Crippen LogP contribution in [0.15, 0.2) is 18.2 Å². The number of benzene rings is 1. The zero-order valence-corrected chi connectivity index (χ0v) is 12.0. The van der Waals surface area contributed by atoms with E-state index in [9.17, 15) is 10.1 Å². The fourth-order valence-corrected chi connectivity index (χ4v) is 2.60. The fourth-order valence-electron chi connectivity index (χ4n) is 2.60. The van der Waals surface area contributed by atoms with Crippen molar-refractivity contribution >= 4 is 11.4 Å². The lowest BCUT2D eigenvalue weighted by atomic mass is 10.0. The first-order chi connectivity index (χ1) is 9.61. The van der Waals surface area contributed by atoms with Crippen LogP contribution in [0, 0.1) is 10.1 Å². The Kier molecular flexibility index (Phi) is 4.79. The molecule has 0 aromatic heterocycles. The van der Waals surface area contributed by atoms with Gasteiger partial charge >= 0.3 is 0 Å². The minimum Gasteiger partial charge on any atom is -0.497 e. The van der Waals surface area contributed by atoms with Crippen LogP contribution in [-0.2, 0) is 0 Å². The third kappa shape index (κ3) is 3.39. The Morgan fingerprint density at radius 3 is 2.90 bits per heavy atom. The standard InChI is InChI=1S/C14H21N3O3/c1-16(10-11-5-3-4-8-15-11)14-9-12(20-2)6-7-13(14)17(18)19/h6-7,9,11,15H,3-5,8,10H2,1-2H3. The van der Waals surface area contributed by atoms with Crippen molar-refractivity contribution in [2.75, 3.05) is 32.1 Å². The first-order valence-corrected chi connectivity index (χ1v) is 6.88. The van der Waals surface area contributed by atoms with E-state index in [0.29, 0.717) is 17.5 Å². The summed E-state index contributed by atoms with van der Waals surface area (Å²) in [4.78, 5) is 12.7. The van der Waals surface area contributed by atoms with Gasteiger partial charge in [0.25, 0.3) is 5.69 Å². The zero-order valence-electron chi connectivity index (χ0n) is 12.0. The number of likely N-dealkylation sites (N-methyl/N-ethyl adjacent to an activating group) is 1.